The van der Waals surface area contributed by atoms with Gasteiger partial charge < -0.3 is 4.42 Å². The van der Waals surface area contributed by atoms with Crippen LogP contribution in [0.1, 0.15) is 5.76 Å². The first kappa shape index (κ1) is 8.16. The van der Waals surface area contributed by atoms with Gasteiger partial charge in [0.25, 0.3) is 0 Å². The number of tetrazole rings is 1. The molecule has 5 heteroatoms. The summed E-state index contributed by atoms with van der Waals surface area (Å²) in [7, 11) is 0. The van der Waals surface area contributed by atoms with E-state index in [1.54, 1.807) is 11.0 Å². The summed E-state index contributed by atoms with van der Waals surface area (Å²) in [5.41, 5.74) is 1.80. The maximum atomic E-state index is 5.48. The molecule has 0 saturated carbocycles. The first-order valence-corrected chi connectivity index (χ1v) is 4.56. The van der Waals surface area contributed by atoms with E-state index in [4.69, 9.17) is 4.42 Å². The molecule has 0 bridgehead atoms. The molecule has 1 aromatic carbocycles. The van der Waals surface area contributed by atoms with Gasteiger partial charge in [-0.1, -0.05) is 0 Å². The predicted octanol–water partition coefficient (Wildman–Crippen LogP) is 1.72. The average Bonchev–Trinajstić information content (AvgIpc) is 2.82. The van der Waals surface area contributed by atoms with Crippen molar-refractivity contribution in [3.63, 3.8) is 0 Å². The van der Waals surface area contributed by atoms with Crippen molar-refractivity contribution >= 4 is 11.0 Å². The Kier molecular flexibility index (Phi) is 1.58. The van der Waals surface area contributed by atoms with Crippen molar-refractivity contribution in [3.05, 3.63) is 36.4 Å². The van der Waals surface area contributed by atoms with Gasteiger partial charge in [0.05, 0.1) is 5.69 Å². The van der Waals surface area contributed by atoms with Crippen molar-refractivity contribution in [1.82, 2.24) is 20.2 Å². The lowest BCUT2D eigenvalue weighted by Crippen LogP contribution is -1.93. The third-order valence-corrected chi connectivity index (χ3v) is 2.24. The second kappa shape index (κ2) is 2.91. The fourth-order valence-electron chi connectivity index (χ4n) is 1.59. The fraction of sp³-hybridized carbons (Fsp3) is 0.100. The number of furan rings is 1. The van der Waals surface area contributed by atoms with E-state index in [1.165, 1.54) is 0 Å². The summed E-state index contributed by atoms with van der Waals surface area (Å²) < 4.78 is 7.09. The fourth-order valence-corrected chi connectivity index (χ4v) is 1.59. The van der Waals surface area contributed by atoms with Gasteiger partial charge in [0.1, 0.15) is 17.7 Å². The van der Waals surface area contributed by atoms with Crippen LogP contribution >= 0.6 is 0 Å². The Morgan fingerprint density at radius 3 is 3.00 bits per heavy atom. The number of aromatic nitrogens is 4. The van der Waals surface area contributed by atoms with Gasteiger partial charge in [-0.2, -0.15) is 0 Å². The number of hydrogen-bond donors (Lipinski definition) is 0. The molecule has 3 aromatic rings. The zero-order valence-electron chi connectivity index (χ0n) is 8.08. The van der Waals surface area contributed by atoms with Crippen LogP contribution in [0.15, 0.2) is 35.0 Å². The van der Waals surface area contributed by atoms with Gasteiger partial charge in [0.2, 0.25) is 0 Å². The van der Waals surface area contributed by atoms with E-state index >= 15 is 0 Å². The monoisotopic (exact) mass is 200 g/mol. The topological polar surface area (TPSA) is 56.7 Å². The molecular formula is C10H8N4O. The summed E-state index contributed by atoms with van der Waals surface area (Å²) in [5.74, 6) is 0.902. The molecule has 0 aliphatic rings. The maximum Gasteiger partial charge on any atom is 0.143 e. The molecule has 15 heavy (non-hydrogen) atoms. The number of fused-ring (bicyclic) bond motifs is 1. The smallest absolute Gasteiger partial charge is 0.143 e. The van der Waals surface area contributed by atoms with E-state index in [2.05, 4.69) is 15.5 Å². The van der Waals surface area contributed by atoms with Crippen LogP contribution < -0.4 is 0 Å². The van der Waals surface area contributed by atoms with Gasteiger partial charge in [-0.05, 0) is 41.6 Å². The van der Waals surface area contributed by atoms with Crippen LogP contribution in [-0.2, 0) is 0 Å². The Balaban J connectivity index is 2.21. The lowest BCUT2D eigenvalue weighted by molar-refractivity contribution is 0.578. The quantitative estimate of drug-likeness (QED) is 0.600. The van der Waals surface area contributed by atoms with Crippen LogP contribution in [0.4, 0.5) is 0 Å². The Labute approximate surface area is 85.3 Å². The minimum absolute atomic E-state index is 0.879. The van der Waals surface area contributed by atoms with E-state index in [0.717, 1.165) is 22.4 Å². The molecule has 0 aliphatic carbocycles. The van der Waals surface area contributed by atoms with Crippen molar-refractivity contribution in [3.8, 4) is 5.69 Å². The molecule has 0 amide bonds. The second-order valence-corrected chi connectivity index (χ2v) is 3.33. The summed E-state index contributed by atoms with van der Waals surface area (Å²) in [6, 6.07) is 7.81. The first-order chi connectivity index (χ1) is 7.33. The Bertz CT molecular complexity index is 597. The SMILES string of the molecule is Cc1cc2cc(-n3cnnn3)ccc2o1. The van der Waals surface area contributed by atoms with E-state index in [0.29, 0.717) is 0 Å². The minimum atomic E-state index is 0.879. The maximum absolute atomic E-state index is 5.48. The highest BCUT2D eigenvalue weighted by atomic mass is 16.3. The van der Waals surface area contributed by atoms with Gasteiger partial charge in [0.15, 0.2) is 0 Å². The number of aryl methyl sites for hydroxylation is 1. The van der Waals surface area contributed by atoms with Crippen molar-refractivity contribution in [1.29, 1.82) is 0 Å². The first-order valence-electron chi connectivity index (χ1n) is 4.56. The van der Waals surface area contributed by atoms with Gasteiger partial charge >= 0.3 is 0 Å². The molecule has 0 N–H and O–H groups in total. The molecule has 0 spiro atoms. The van der Waals surface area contributed by atoms with E-state index in [9.17, 15) is 0 Å². The van der Waals surface area contributed by atoms with Crippen molar-refractivity contribution in [2.45, 2.75) is 6.92 Å². The van der Waals surface area contributed by atoms with Crippen molar-refractivity contribution in [2.24, 2.45) is 0 Å². The molecule has 2 aromatic heterocycles. The lowest BCUT2D eigenvalue weighted by Gasteiger charge is -1.97. The zero-order valence-corrected chi connectivity index (χ0v) is 8.08. The van der Waals surface area contributed by atoms with Crippen LogP contribution in [-0.4, -0.2) is 20.2 Å². The summed E-state index contributed by atoms with van der Waals surface area (Å²) in [4.78, 5) is 0. The van der Waals surface area contributed by atoms with Crippen molar-refractivity contribution < 1.29 is 4.42 Å². The third kappa shape index (κ3) is 1.28. The molecule has 0 unspecified atom stereocenters. The largest absolute Gasteiger partial charge is 0.461 e. The Hall–Kier alpha value is -2.17. The standard InChI is InChI=1S/C10H8N4O/c1-7-4-8-5-9(2-3-10(8)15-7)14-6-11-12-13-14/h2-6H,1H3. The molecular weight excluding hydrogens is 192 g/mol. The summed E-state index contributed by atoms with van der Waals surface area (Å²) in [6.07, 6.45) is 1.56. The summed E-state index contributed by atoms with van der Waals surface area (Å²) in [6.45, 7) is 1.93. The lowest BCUT2D eigenvalue weighted by atomic mass is 10.2. The minimum Gasteiger partial charge on any atom is -0.461 e. The molecule has 0 atom stereocenters. The number of nitrogens with zero attached hydrogens (tertiary/aromatic N) is 4. The van der Waals surface area contributed by atoms with Crippen LogP contribution in [0.5, 0.6) is 0 Å². The third-order valence-electron chi connectivity index (χ3n) is 2.24. The molecule has 74 valence electrons. The van der Waals surface area contributed by atoms with Gasteiger partial charge in [0, 0.05) is 5.39 Å². The molecule has 3 rings (SSSR count). The van der Waals surface area contributed by atoms with Gasteiger partial charge in [-0.25, -0.2) is 4.68 Å². The highest BCUT2D eigenvalue weighted by molar-refractivity contribution is 5.80. The van der Waals surface area contributed by atoms with Crippen LogP contribution in [0.2, 0.25) is 0 Å². The highest BCUT2D eigenvalue weighted by Crippen LogP contribution is 2.21. The number of hydrogen-bond acceptors (Lipinski definition) is 4. The van der Waals surface area contributed by atoms with E-state index in [1.807, 2.05) is 31.2 Å². The molecule has 0 aliphatic heterocycles. The highest BCUT2D eigenvalue weighted by Gasteiger charge is 2.03. The van der Waals surface area contributed by atoms with Crippen LogP contribution in [0.25, 0.3) is 16.7 Å². The van der Waals surface area contributed by atoms with Crippen molar-refractivity contribution in [2.75, 3.05) is 0 Å². The summed E-state index contributed by atoms with van der Waals surface area (Å²) >= 11 is 0. The second-order valence-electron chi connectivity index (χ2n) is 3.33. The van der Waals surface area contributed by atoms with Gasteiger partial charge in [-0.3, -0.25) is 0 Å². The normalized spacial score (nSPS) is 11.0. The molecule has 2 heterocycles. The predicted molar refractivity (Wildman–Crippen MR) is 53.7 cm³/mol. The van der Waals surface area contributed by atoms with E-state index in [-0.39, 0.29) is 0 Å². The summed E-state index contributed by atoms with van der Waals surface area (Å²) in [5, 5.41) is 12.1. The molecule has 0 saturated heterocycles. The Morgan fingerprint density at radius 1 is 1.27 bits per heavy atom. The Morgan fingerprint density at radius 2 is 2.20 bits per heavy atom. The van der Waals surface area contributed by atoms with Gasteiger partial charge in [-0.15, -0.1) is 5.10 Å². The zero-order chi connectivity index (χ0) is 10.3. The van der Waals surface area contributed by atoms with Crippen LogP contribution in [0.3, 0.4) is 0 Å². The number of benzene rings is 1. The average molecular weight is 200 g/mol. The number of rotatable bonds is 1. The molecule has 5 nitrogen and oxygen atoms in total. The van der Waals surface area contributed by atoms with E-state index < -0.39 is 0 Å². The molecule has 0 fully saturated rings. The van der Waals surface area contributed by atoms with Crippen LogP contribution in [0, 0.1) is 6.92 Å². The molecule has 0 radical (unpaired) electrons.